The van der Waals surface area contributed by atoms with Crippen LogP contribution in [0.1, 0.15) is 11.1 Å². The van der Waals surface area contributed by atoms with Crippen molar-refractivity contribution in [3.05, 3.63) is 82.3 Å². The van der Waals surface area contributed by atoms with Gasteiger partial charge in [0.25, 0.3) is 0 Å². The van der Waals surface area contributed by atoms with Crippen molar-refractivity contribution in [1.29, 1.82) is 0 Å². The Balaban J connectivity index is 1.64. The number of aromatic nitrogens is 5. The summed E-state index contributed by atoms with van der Waals surface area (Å²) in [6, 6.07) is 18.9. The van der Waals surface area contributed by atoms with Gasteiger partial charge in [-0.25, -0.2) is 9.78 Å². The molecule has 4 aromatic rings. The Labute approximate surface area is 173 Å². The monoisotopic (exact) mass is 403 g/mol. The second-order valence-corrected chi connectivity index (χ2v) is 6.72. The van der Waals surface area contributed by atoms with Gasteiger partial charge in [0.1, 0.15) is 12.4 Å². The number of nitrogens with zero attached hydrogens (tertiary/aromatic N) is 5. The summed E-state index contributed by atoms with van der Waals surface area (Å²) < 4.78 is 13.9. The van der Waals surface area contributed by atoms with Gasteiger partial charge in [-0.1, -0.05) is 30.3 Å². The Morgan fingerprint density at radius 1 is 0.967 bits per heavy atom. The molecule has 8 heteroatoms. The highest BCUT2D eigenvalue weighted by atomic mass is 16.5. The molecule has 0 saturated carbocycles. The zero-order valence-corrected chi connectivity index (χ0v) is 16.9. The van der Waals surface area contributed by atoms with E-state index in [9.17, 15) is 4.79 Å². The van der Waals surface area contributed by atoms with Crippen LogP contribution in [0.25, 0.3) is 16.9 Å². The summed E-state index contributed by atoms with van der Waals surface area (Å²) >= 11 is 0. The van der Waals surface area contributed by atoms with Crippen LogP contribution in [0.3, 0.4) is 0 Å². The second kappa shape index (κ2) is 8.20. The first-order valence-corrected chi connectivity index (χ1v) is 9.39. The van der Waals surface area contributed by atoms with E-state index in [0.717, 1.165) is 28.1 Å². The average Bonchev–Trinajstić information content (AvgIpc) is 3.11. The first-order chi connectivity index (χ1) is 14.6. The van der Waals surface area contributed by atoms with Crippen LogP contribution in [-0.2, 0) is 13.7 Å². The molecule has 4 rings (SSSR count). The fourth-order valence-electron chi connectivity index (χ4n) is 3.19. The topological polar surface area (TPSA) is 84.1 Å². The van der Waals surface area contributed by atoms with Crippen LogP contribution in [0.4, 0.5) is 0 Å². The Morgan fingerprint density at radius 2 is 1.77 bits per heavy atom. The predicted octanol–water partition coefficient (Wildman–Crippen LogP) is 2.92. The van der Waals surface area contributed by atoms with Gasteiger partial charge < -0.3 is 9.47 Å². The second-order valence-electron chi connectivity index (χ2n) is 6.72. The van der Waals surface area contributed by atoms with E-state index in [-0.39, 0.29) is 12.3 Å². The molecule has 0 atom stereocenters. The number of benzene rings is 2. The molecule has 0 spiro atoms. The van der Waals surface area contributed by atoms with Gasteiger partial charge in [-0.05, 0) is 47.2 Å². The molecule has 152 valence electrons. The molecular weight excluding hydrogens is 382 g/mol. The minimum Gasteiger partial charge on any atom is -0.496 e. The molecule has 8 nitrogen and oxygen atoms in total. The minimum atomic E-state index is -0.321. The smallest absolute Gasteiger partial charge is 0.368 e. The summed E-state index contributed by atoms with van der Waals surface area (Å²) in [4.78, 5) is 16.9. The first-order valence-electron chi connectivity index (χ1n) is 9.39. The summed E-state index contributed by atoms with van der Waals surface area (Å²) in [7, 11) is 3.19. The lowest BCUT2D eigenvalue weighted by Crippen LogP contribution is -2.23. The predicted molar refractivity (Wildman–Crippen MR) is 112 cm³/mol. The van der Waals surface area contributed by atoms with Crippen LogP contribution in [-0.4, -0.2) is 31.9 Å². The molecule has 0 amide bonds. The standard InChI is InChI=1S/C22H21N5O3/c1-15-8-6-11-19(27-22(28)26(2)24-25-27)17(15)14-30-21-13-7-10-18(23-21)16-9-4-5-12-20(16)29-3/h4-13H,14H2,1-3H3. The number of hydrogen-bond donors (Lipinski definition) is 0. The molecule has 0 aliphatic rings. The van der Waals surface area contributed by atoms with Gasteiger partial charge in [-0.15, -0.1) is 0 Å². The number of rotatable bonds is 6. The van der Waals surface area contributed by atoms with Gasteiger partial charge >= 0.3 is 5.69 Å². The maximum absolute atomic E-state index is 12.3. The number of pyridine rings is 1. The quantitative estimate of drug-likeness (QED) is 0.492. The number of hydrogen-bond acceptors (Lipinski definition) is 6. The summed E-state index contributed by atoms with van der Waals surface area (Å²) in [6.45, 7) is 2.19. The van der Waals surface area contributed by atoms with Gasteiger partial charge in [-0.3, -0.25) is 0 Å². The van der Waals surface area contributed by atoms with Gasteiger partial charge in [0, 0.05) is 24.2 Å². The van der Waals surface area contributed by atoms with Crippen LogP contribution in [0.5, 0.6) is 11.6 Å². The van der Waals surface area contributed by atoms with Crippen LogP contribution >= 0.6 is 0 Å². The minimum absolute atomic E-state index is 0.230. The SMILES string of the molecule is COc1ccccc1-c1cccc(OCc2c(C)cccc2-n2nnn(C)c2=O)n1. The normalized spacial score (nSPS) is 10.8. The fraction of sp³-hybridized carbons (Fsp3) is 0.182. The molecule has 0 bridgehead atoms. The Morgan fingerprint density at radius 3 is 2.53 bits per heavy atom. The maximum Gasteiger partial charge on any atom is 0.368 e. The zero-order chi connectivity index (χ0) is 21.1. The number of ether oxygens (including phenoxy) is 2. The number of para-hydroxylation sites is 1. The lowest BCUT2D eigenvalue weighted by Gasteiger charge is -2.13. The van der Waals surface area contributed by atoms with Crippen molar-refractivity contribution in [3.63, 3.8) is 0 Å². The molecule has 30 heavy (non-hydrogen) atoms. The third kappa shape index (κ3) is 3.67. The molecule has 2 heterocycles. The van der Waals surface area contributed by atoms with E-state index in [4.69, 9.17) is 9.47 Å². The fourth-order valence-corrected chi connectivity index (χ4v) is 3.19. The highest BCUT2D eigenvalue weighted by molar-refractivity contribution is 5.67. The molecule has 0 unspecified atom stereocenters. The third-order valence-electron chi connectivity index (χ3n) is 4.81. The first kappa shape index (κ1) is 19.4. The number of methoxy groups -OCH3 is 1. The molecule has 0 fully saturated rings. The molecule has 0 N–H and O–H groups in total. The van der Waals surface area contributed by atoms with Crippen LogP contribution in [0.15, 0.2) is 65.5 Å². The van der Waals surface area contributed by atoms with Crippen LogP contribution in [0.2, 0.25) is 0 Å². The van der Waals surface area contributed by atoms with Gasteiger partial charge in [0.2, 0.25) is 5.88 Å². The van der Waals surface area contributed by atoms with E-state index in [1.165, 1.54) is 9.36 Å². The molecule has 0 aliphatic heterocycles. The van der Waals surface area contributed by atoms with E-state index in [1.54, 1.807) is 20.2 Å². The highest BCUT2D eigenvalue weighted by Gasteiger charge is 2.14. The maximum atomic E-state index is 12.3. The lowest BCUT2D eigenvalue weighted by atomic mass is 10.1. The van der Waals surface area contributed by atoms with E-state index in [2.05, 4.69) is 15.4 Å². The van der Waals surface area contributed by atoms with Crippen molar-refractivity contribution < 1.29 is 9.47 Å². The molecule has 2 aromatic carbocycles. The van der Waals surface area contributed by atoms with Gasteiger partial charge in [0.05, 0.1) is 18.5 Å². The van der Waals surface area contributed by atoms with Gasteiger partial charge in [-0.2, -0.15) is 9.36 Å². The number of aryl methyl sites for hydroxylation is 2. The Bertz CT molecular complexity index is 1250. The Hall–Kier alpha value is -3.94. The van der Waals surface area contributed by atoms with Crippen molar-refractivity contribution >= 4 is 0 Å². The van der Waals surface area contributed by atoms with E-state index < -0.39 is 0 Å². The lowest BCUT2D eigenvalue weighted by molar-refractivity contribution is 0.293. The van der Waals surface area contributed by atoms with Crippen LogP contribution < -0.4 is 15.2 Å². The van der Waals surface area contributed by atoms with Crippen LogP contribution in [0, 0.1) is 6.92 Å². The summed E-state index contributed by atoms with van der Waals surface area (Å²) in [5.74, 6) is 1.21. The highest BCUT2D eigenvalue weighted by Crippen LogP contribution is 2.29. The Kier molecular flexibility index (Phi) is 5.30. The van der Waals surface area contributed by atoms with Crippen molar-refractivity contribution in [2.75, 3.05) is 7.11 Å². The van der Waals surface area contributed by atoms with Crippen molar-refractivity contribution in [1.82, 2.24) is 24.8 Å². The molecule has 0 aliphatic carbocycles. The molecule has 2 aromatic heterocycles. The largest absolute Gasteiger partial charge is 0.496 e. The van der Waals surface area contributed by atoms with Crippen molar-refractivity contribution in [2.45, 2.75) is 13.5 Å². The van der Waals surface area contributed by atoms with E-state index in [1.807, 2.05) is 61.5 Å². The van der Waals surface area contributed by atoms with E-state index >= 15 is 0 Å². The summed E-state index contributed by atoms with van der Waals surface area (Å²) in [6.07, 6.45) is 0. The summed E-state index contributed by atoms with van der Waals surface area (Å²) in [5, 5.41) is 7.74. The van der Waals surface area contributed by atoms with Gasteiger partial charge in [0.15, 0.2) is 0 Å². The third-order valence-corrected chi connectivity index (χ3v) is 4.81. The molecule has 0 saturated heterocycles. The molecular formula is C22H21N5O3. The van der Waals surface area contributed by atoms with Crippen molar-refractivity contribution in [3.8, 4) is 28.6 Å². The molecule has 0 radical (unpaired) electrons. The average molecular weight is 403 g/mol. The summed E-state index contributed by atoms with van der Waals surface area (Å²) in [5.41, 5.74) is 3.76. The van der Waals surface area contributed by atoms with Crippen molar-refractivity contribution in [2.24, 2.45) is 7.05 Å². The number of tetrazole rings is 1. The zero-order valence-electron chi connectivity index (χ0n) is 16.9. The van der Waals surface area contributed by atoms with E-state index in [0.29, 0.717) is 11.6 Å².